The molecule has 0 aliphatic carbocycles. The highest BCUT2D eigenvalue weighted by molar-refractivity contribution is 7.10. The molecule has 0 saturated heterocycles. The fourth-order valence-corrected chi connectivity index (χ4v) is 2.19. The zero-order valence-electron chi connectivity index (χ0n) is 9.08. The summed E-state index contributed by atoms with van der Waals surface area (Å²) in [7, 11) is 0. The van der Waals surface area contributed by atoms with Gasteiger partial charge < -0.3 is 20.6 Å². The first kappa shape index (κ1) is 13.6. The van der Waals surface area contributed by atoms with E-state index in [0.717, 1.165) is 11.3 Å². The average Bonchev–Trinajstić information content (AvgIpc) is 2.73. The highest BCUT2D eigenvalue weighted by Crippen LogP contribution is 2.26. The molecular formula is C10H13NO5S. The first-order valence-electron chi connectivity index (χ1n) is 4.84. The summed E-state index contributed by atoms with van der Waals surface area (Å²) >= 11 is 1.05. The van der Waals surface area contributed by atoms with E-state index in [-0.39, 0.29) is 22.9 Å². The van der Waals surface area contributed by atoms with Gasteiger partial charge in [0.1, 0.15) is 12.2 Å². The quantitative estimate of drug-likeness (QED) is 0.594. The molecular weight excluding hydrogens is 246 g/mol. The van der Waals surface area contributed by atoms with Crippen molar-refractivity contribution in [2.75, 3.05) is 6.54 Å². The van der Waals surface area contributed by atoms with Gasteiger partial charge in [-0.05, 0) is 11.4 Å². The molecule has 2 unspecified atom stereocenters. The third kappa shape index (κ3) is 3.52. The fourth-order valence-electron chi connectivity index (χ4n) is 1.26. The van der Waals surface area contributed by atoms with Crippen molar-refractivity contribution in [3.05, 3.63) is 21.9 Å². The van der Waals surface area contributed by atoms with E-state index < -0.39 is 18.2 Å². The number of aliphatic hydroxyl groups is 2. The lowest BCUT2D eigenvalue weighted by molar-refractivity contribution is -0.119. The maximum atomic E-state index is 10.8. The lowest BCUT2D eigenvalue weighted by Gasteiger charge is -2.17. The molecule has 0 spiro atoms. The number of hydrogen-bond acceptors (Lipinski definition) is 5. The molecule has 6 nitrogen and oxygen atoms in total. The Kier molecular flexibility index (Phi) is 4.62. The van der Waals surface area contributed by atoms with Gasteiger partial charge in [-0.2, -0.15) is 0 Å². The first-order chi connectivity index (χ1) is 7.93. The van der Waals surface area contributed by atoms with E-state index in [9.17, 15) is 19.8 Å². The molecule has 17 heavy (non-hydrogen) atoms. The summed E-state index contributed by atoms with van der Waals surface area (Å²) in [5, 5.41) is 32.1. The number of hydrogen-bond donors (Lipinski definition) is 4. The Morgan fingerprint density at radius 3 is 2.65 bits per heavy atom. The van der Waals surface area contributed by atoms with Crippen LogP contribution in [0.3, 0.4) is 0 Å². The van der Waals surface area contributed by atoms with Crippen LogP contribution in [0.25, 0.3) is 0 Å². The molecule has 7 heteroatoms. The molecule has 1 aromatic rings. The second kappa shape index (κ2) is 5.76. The molecule has 4 N–H and O–H groups in total. The minimum absolute atomic E-state index is 0.0376. The Morgan fingerprint density at radius 1 is 1.47 bits per heavy atom. The molecule has 1 heterocycles. The van der Waals surface area contributed by atoms with E-state index in [1.54, 1.807) is 0 Å². The molecule has 1 aromatic heterocycles. The number of amides is 1. The Hall–Kier alpha value is -1.44. The smallest absolute Gasteiger partial charge is 0.336 e. The summed E-state index contributed by atoms with van der Waals surface area (Å²) in [6, 6.07) is 1.36. The Bertz CT molecular complexity index is 417. The van der Waals surface area contributed by atoms with Crippen LogP contribution in [-0.4, -0.2) is 39.8 Å². The van der Waals surface area contributed by atoms with E-state index in [0.29, 0.717) is 0 Å². The van der Waals surface area contributed by atoms with Crippen molar-refractivity contribution in [2.24, 2.45) is 0 Å². The lowest BCUT2D eigenvalue weighted by atomic mass is 10.1. The molecule has 0 fully saturated rings. The first-order valence-corrected chi connectivity index (χ1v) is 5.72. The second-order valence-corrected chi connectivity index (χ2v) is 4.40. The number of carbonyl (C=O) groups excluding carboxylic acids is 1. The van der Waals surface area contributed by atoms with Crippen LogP contribution in [0.5, 0.6) is 0 Å². The van der Waals surface area contributed by atoms with Gasteiger partial charge >= 0.3 is 5.97 Å². The average molecular weight is 259 g/mol. The highest BCUT2D eigenvalue weighted by atomic mass is 32.1. The SMILES string of the molecule is CC(=O)NCC(O)C(O)c1sccc1C(=O)O. The molecule has 0 aliphatic heterocycles. The van der Waals surface area contributed by atoms with Crippen molar-refractivity contribution < 1.29 is 24.9 Å². The van der Waals surface area contributed by atoms with Gasteiger partial charge in [-0.3, -0.25) is 4.79 Å². The van der Waals surface area contributed by atoms with E-state index in [1.165, 1.54) is 18.4 Å². The molecule has 1 rings (SSSR count). The number of aliphatic hydroxyl groups excluding tert-OH is 2. The maximum absolute atomic E-state index is 10.8. The standard InChI is InChI=1S/C10H13NO5S/c1-5(12)11-4-7(13)8(14)9-6(10(15)16)2-3-17-9/h2-3,7-8,13-14H,4H2,1H3,(H,11,12)(H,15,16). The Labute approximate surface area is 102 Å². The molecule has 0 bridgehead atoms. The summed E-state index contributed by atoms with van der Waals surface area (Å²) in [6.07, 6.45) is -2.57. The number of rotatable bonds is 5. The summed E-state index contributed by atoms with van der Waals surface area (Å²) in [5.41, 5.74) is -0.0376. The normalized spacial score (nSPS) is 14.1. The summed E-state index contributed by atoms with van der Waals surface area (Å²) in [4.78, 5) is 21.6. The fraction of sp³-hybridized carbons (Fsp3) is 0.400. The van der Waals surface area contributed by atoms with Crippen LogP contribution in [-0.2, 0) is 4.79 Å². The van der Waals surface area contributed by atoms with E-state index in [2.05, 4.69) is 5.32 Å². The predicted molar refractivity (Wildman–Crippen MR) is 60.9 cm³/mol. The van der Waals surface area contributed by atoms with Crippen LogP contribution in [0, 0.1) is 0 Å². The summed E-state index contributed by atoms with van der Waals surface area (Å²) in [5.74, 6) is -1.49. The molecule has 2 atom stereocenters. The van der Waals surface area contributed by atoms with Gasteiger partial charge in [0.2, 0.25) is 5.91 Å². The summed E-state index contributed by atoms with van der Waals surface area (Å²) < 4.78 is 0. The van der Waals surface area contributed by atoms with Crippen LogP contribution in [0.15, 0.2) is 11.4 Å². The topological polar surface area (TPSA) is 107 Å². The third-order valence-corrected chi connectivity index (χ3v) is 3.11. The minimum Gasteiger partial charge on any atom is -0.478 e. The molecule has 94 valence electrons. The lowest BCUT2D eigenvalue weighted by Crippen LogP contribution is -2.34. The number of thiophene rings is 1. The van der Waals surface area contributed by atoms with E-state index in [4.69, 9.17) is 5.11 Å². The highest BCUT2D eigenvalue weighted by Gasteiger charge is 2.24. The van der Waals surface area contributed by atoms with Gasteiger partial charge in [-0.1, -0.05) is 0 Å². The van der Waals surface area contributed by atoms with Crippen LogP contribution >= 0.6 is 11.3 Å². The van der Waals surface area contributed by atoms with Gasteiger partial charge in [0, 0.05) is 13.5 Å². The van der Waals surface area contributed by atoms with Crippen molar-refractivity contribution in [2.45, 2.75) is 19.1 Å². The number of carboxylic acids is 1. The van der Waals surface area contributed by atoms with Gasteiger partial charge in [-0.25, -0.2) is 4.79 Å². The van der Waals surface area contributed by atoms with Crippen LogP contribution in [0.4, 0.5) is 0 Å². The van der Waals surface area contributed by atoms with Gasteiger partial charge in [0.05, 0.1) is 10.4 Å². The largest absolute Gasteiger partial charge is 0.478 e. The van der Waals surface area contributed by atoms with Crippen molar-refractivity contribution >= 4 is 23.2 Å². The van der Waals surface area contributed by atoms with Gasteiger partial charge in [0.25, 0.3) is 0 Å². The number of carbonyl (C=O) groups is 2. The van der Waals surface area contributed by atoms with E-state index >= 15 is 0 Å². The monoisotopic (exact) mass is 259 g/mol. The van der Waals surface area contributed by atoms with Crippen LogP contribution in [0.1, 0.15) is 28.3 Å². The zero-order valence-corrected chi connectivity index (χ0v) is 9.90. The number of nitrogens with one attached hydrogen (secondary N) is 1. The van der Waals surface area contributed by atoms with Crippen LogP contribution < -0.4 is 5.32 Å². The van der Waals surface area contributed by atoms with Gasteiger partial charge in [-0.15, -0.1) is 11.3 Å². The predicted octanol–water partition coefficient (Wildman–Crippen LogP) is -0.0233. The second-order valence-electron chi connectivity index (χ2n) is 3.45. The van der Waals surface area contributed by atoms with Crippen molar-refractivity contribution in [3.63, 3.8) is 0 Å². The molecule has 0 aromatic carbocycles. The van der Waals surface area contributed by atoms with Crippen molar-refractivity contribution in [1.82, 2.24) is 5.32 Å². The Balaban J connectivity index is 2.74. The van der Waals surface area contributed by atoms with Crippen LogP contribution in [0.2, 0.25) is 0 Å². The molecule has 1 amide bonds. The zero-order chi connectivity index (χ0) is 13.0. The van der Waals surface area contributed by atoms with Crippen molar-refractivity contribution in [1.29, 1.82) is 0 Å². The van der Waals surface area contributed by atoms with Gasteiger partial charge in [0.15, 0.2) is 0 Å². The summed E-state index contributed by atoms with van der Waals surface area (Å²) in [6.45, 7) is 1.15. The molecule has 0 radical (unpaired) electrons. The van der Waals surface area contributed by atoms with E-state index in [1.807, 2.05) is 0 Å². The minimum atomic E-state index is -1.33. The third-order valence-electron chi connectivity index (χ3n) is 2.12. The molecule has 0 aliphatic rings. The number of aromatic carboxylic acids is 1. The van der Waals surface area contributed by atoms with Crippen molar-refractivity contribution in [3.8, 4) is 0 Å². The Morgan fingerprint density at radius 2 is 2.12 bits per heavy atom. The number of carboxylic acid groups (broad SMARTS) is 1. The maximum Gasteiger partial charge on any atom is 0.336 e. The molecule has 0 saturated carbocycles.